The molecular weight excluding hydrogens is 188 g/mol. The lowest BCUT2D eigenvalue weighted by Crippen LogP contribution is -2.22. The lowest BCUT2D eigenvalue weighted by atomic mass is 10.2. The molecular formula is C8H11ClN4. The zero-order valence-electron chi connectivity index (χ0n) is 7.13. The average Bonchev–Trinajstić information content (AvgIpc) is 2.62. The van der Waals surface area contributed by atoms with E-state index in [2.05, 4.69) is 20.8 Å². The molecule has 1 fully saturated rings. The summed E-state index contributed by atoms with van der Waals surface area (Å²) < 4.78 is 0. The summed E-state index contributed by atoms with van der Waals surface area (Å²) in [5.41, 5.74) is 0. The first-order valence-electron chi connectivity index (χ1n) is 4.31. The molecule has 0 aromatic carbocycles. The summed E-state index contributed by atoms with van der Waals surface area (Å²) >= 11 is 5.61. The molecule has 2 N–H and O–H groups in total. The summed E-state index contributed by atoms with van der Waals surface area (Å²) in [5.74, 6) is 0.790. The van der Waals surface area contributed by atoms with Gasteiger partial charge < -0.3 is 10.6 Å². The fourth-order valence-electron chi connectivity index (χ4n) is 1.38. The van der Waals surface area contributed by atoms with Crippen molar-refractivity contribution < 1.29 is 0 Å². The summed E-state index contributed by atoms with van der Waals surface area (Å²) in [6, 6.07) is 4.04. The summed E-state index contributed by atoms with van der Waals surface area (Å²) in [7, 11) is 0. The van der Waals surface area contributed by atoms with Crippen LogP contribution in [0.1, 0.15) is 6.42 Å². The molecule has 1 atom stereocenters. The van der Waals surface area contributed by atoms with Gasteiger partial charge in [-0.15, -0.1) is 10.2 Å². The first-order chi connectivity index (χ1) is 6.34. The van der Waals surface area contributed by atoms with Gasteiger partial charge in [-0.05, 0) is 25.1 Å². The minimum Gasteiger partial charge on any atom is -0.365 e. The van der Waals surface area contributed by atoms with E-state index in [0.717, 1.165) is 25.3 Å². The number of rotatable bonds is 2. The van der Waals surface area contributed by atoms with Gasteiger partial charge in [0.05, 0.1) is 0 Å². The molecule has 70 valence electrons. The molecule has 0 saturated carbocycles. The Balaban J connectivity index is 1.97. The Morgan fingerprint density at radius 3 is 3.00 bits per heavy atom. The van der Waals surface area contributed by atoms with Crippen LogP contribution in [0.15, 0.2) is 12.1 Å². The molecule has 2 rings (SSSR count). The Kier molecular flexibility index (Phi) is 2.61. The number of anilines is 1. The highest BCUT2D eigenvalue weighted by Crippen LogP contribution is 2.09. The van der Waals surface area contributed by atoms with Crippen LogP contribution in [-0.2, 0) is 0 Å². The molecule has 0 aliphatic carbocycles. The first kappa shape index (κ1) is 8.72. The van der Waals surface area contributed by atoms with E-state index in [0.29, 0.717) is 11.2 Å². The molecule has 1 aromatic rings. The third-order valence-electron chi connectivity index (χ3n) is 2.04. The van der Waals surface area contributed by atoms with Crippen molar-refractivity contribution >= 4 is 17.4 Å². The topological polar surface area (TPSA) is 49.8 Å². The minimum absolute atomic E-state index is 0.426. The molecule has 0 radical (unpaired) electrons. The molecule has 0 bridgehead atoms. The van der Waals surface area contributed by atoms with Crippen LogP contribution in [-0.4, -0.2) is 29.3 Å². The SMILES string of the molecule is Clc1ccc(N[C@H]2CCNC2)nn1. The number of hydrogen-bond donors (Lipinski definition) is 2. The maximum atomic E-state index is 5.61. The fourth-order valence-corrected chi connectivity index (χ4v) is 1.48. The van der Waals surface area contributed by atoms with Crippen LogP contribution in [0.4, 0.5) is 5.82 Å². The van der Waals surface area contributed by atoms with E-state index < -0.39 is 0 Å². The summed E-state index contributed by atoms with van der Waals surface area (Å²) in [6.45, 7) is 2.06. The standard InChI is InChI=1S/C8H11ClN4/c9-7-1-2-8(13-12-7)11-6-3-4-10-5-6/h1-2,6,10H,3-5H2,(H,11,13)/t6-/m0/s1. The van der Waals surface area contributed by atoms with Crippen LogP contribution >= 0.6 is 11.6 Å². The van der Waals surface area contributed by atoms with Crippen molar-refractivity contribution in [1.29, 1.82) is 0 Å². The predicted octanol–water partition coefficient (Wildman–Crippen LogP) is 0.904. The Labute approximate surface area is 81.7 Å². The van der Waals surface area contributed by atoms with Gasteiger partial charge in [0.2, 0.25) is 0 Å². The average molecular weight is 199 g/mol. The van der Waals surface area contributed by atoms with Crippen molar-refractivity contribution in [2.24, 2.45) is 0 Å². The molecule has 4 nitrogen and oxygen atoms in total. The van der Waals surface area contributed by atoms with E-state index in [1.807, 2.05) is 6.07 Å². The Hall–Kier alpha value is -0.870. The van der Waals surface area contributed by atoms with Gasteiger partial charge >= 0.3 is 0 Å². The Morgan fingerprint density at radius 2 is 2.38 bits per heavy atom. The molecule has 1 aromatic heterocycles. The molecule has 0 unspecified atom stereocenters. The molecule has 2 heterocycles. The predicted molar refractivity (Wildman–Crippen MR) is 51.9 cm³/mol. The van der Waals surface area contributed by atoms with Crippen molar-refractivity contribution in [3.63, 3.8) is 0 Å². The number of nitrogens with zero attached hydrogens (tertiary/aromatic N) is 2. The molecule has 1 saturated heterocycles. The van der Waals surface area contributed by atoms with Gasteiger partial charge in [-0.2, -0.15) is 0 Å². The molecule has 5 heteroatoms. The highest BCUT2D eigenvalue weighted by molar-refractivity contribution is 6.29. The molecule has 0 amide bonds. The second-order valence-electron chi connectivity index (χ2n) is 3.08. The maximum absolute atomic E-state index is 5.61. The second kappa shape index (κ2) is 3.89. The summed E-state index contributed by atoms with van der Waals surface area (Å²) in [5, 5.41) is 14.6. The smallest absolute Gasteiger partial charge is 0.151 e. The van der Waals surface area contributed by atoms with E-state index in [1.165, 1.54) is 0 Å². The van der Waals surface area contributed by atoms with Gasteiger partial charge in [-0.3, -0.25) is 0 Å². The van der Waals surface area contributed by atoms with E-state index >= 15 is 0 Å². The lowest BCUT2D eigenvalue weighted by molar-refractivity contribution is 0.782. The normalized spacial score (nSPS) is 21.8. The van der Waals surface area contributed by atoms with E-state index in [-0.39, 0.29) is 0 Å². The molecule has 13 heavy (non-hydrogen) atoms. The van der Waals surface area contributed by atoms with Gasteiger partial charge in [0.15, 0.2) is 5.15 Å². The van der Waals surface area contributed by atoms with E-state index in [9.17, 15) is 0 Å². The van der Waals surface area contributed by atoms with Crippen LogP contribution in [0.2, 0.25) is 5.15 Å². The van der Waals surface area contributed by atoms with Crippen molar-refractivity contribution in [3.05, 3.63) is 17.3 Å². The number of halogens is 1. The molecule has 0 spiro atoms. The fraction of sp³-hybridized carbons (Fsp3) is 0.500. The van der Waals surface area contributed by atoms with E-state index in [1.54, 1.807) is 6.07 Å². The van der Waals surface area contributed by atoms with Gasteiger partial charge in [-0.25, -0.2) is 0 Å². The van der Waals surface area contributed by atoms with Crippen LogP contribution < -0.4 is 10.6 Å². The van der Waals surface area contributed by atoms with E-state index in [4.69, 9.17) is 11.6 Å². The number of aromatic nitrogens is 2. The van der Waals surface area contributed by atoms with Crippen molar-refractivity contribution in [1.82, 2.24) is 15.5 Å². The second-order valence-corrected chi connectivity index (χ2v) is 3.46. The van der Waals surface area contributed by atoms with Gasteiger partial charge in [0, 0.05) is 12.6 Å². The van der Waals surface area contributed by atoms with Crippen LogP contribution in [0, 0.1) is 0 Å². The van der Waals surface area contributed by atoms with Crippen LogP contribution in [0.25, 0.3) is 0 Å². The lowest BCUT2D eigenvalue weighted by Gasteiger charge is -2.10. The summed E-state index contributed by atoms with van der Waals surface area (Å²) in [6.07, 6.45) is 1.13. The zero-order chi connectivity index (χ0) is 9.10. The monoisotopic (exact) mass is 198 g/mol. The Bertz CT molecular complexity index is 268. The van der Waals surface area contributed by atoms with Crippen molar-refractivity contribution in [2.45, 2.75) is 12.5 Å². The van der Waals surface area contributed by atoms with Crippen molar-refractivity contribution in [3.8, 4) is 0 Å². The van der Waals surface area contributed by atoms with Gasteiger partial charge in [0.1, 0.15) is 5.82 Å². The van der Waals surface area contributed by atoms with Gasteiger partial charge in [0.25, 0.3) is 0 Å². The largest absolute Gasteiger partial charge is 0.365 e. The summed E-state index contributed by atoms with van der Waals surface area (Å²) in [4.78, 5) is 0. The highest BCUT2D eigenvalue weighted by Gasteiger charge is 2.13. The number of nitrogens with one attached hydrogen (secondary N) is 2. The molecule has 1 aliphatic heterocycles. The van der Waals surface area contributed by atoms with Crippen LogP contribution in [0.5, 0.6) is 0 Å². The van der Waals surface area contributed by atoms with Crippen molar-refractivity contribution in [2.75, 3.05) is 18.4 Å². The molecule has 1 aliphatic rings. The zero-order valence-corrected chi connectivity index (χ0v) is 7.88. The minimum atomic E-state index is 0.426. The Morgan fingerprint density at radius 1 is 1.46 bits per heavy atom. The highest BCUT2D eigenvalue weighted by atomic mass is 35.5. The third-order valence-corrected chi connectivity index (χ3v) is 2.25. The van der Waals surface area contributed by atoms with Gasteiger partial charge in [-0.1, -0.05) is 11.6 Å². The van der Waals surface area contributed by atoms with Crippen LogP contribution in [0.3, 0.4) is 0 Å². The number of hydrogen-bond acceptors (Lipinski definition) is 4. The quantitative estimate of drug-likeness (QED) is 0.742. The third kappa shape index (κ3) is 2.29. The first-order valence-corrected chi connectivity index (χ1v) is 4.69. The maximum Gasteiger partial charge on any atom is 0.151 e.